The third kappa shape index (κ3) is 3.58. The molecule has 1 heterocycles. The molecule has 0 spiro atoms. The molecule has 0 aliphatic carbocycles. The molecule has 0 unspecified atom stereocenters. The molecule has 1 aromatic carbocycles. The molecule has 1 N–H and O–H groups in total. The van der Waals surface area contributed by atoms with E-state index in [4.69, 9.17) is 0 Å². The standard InChI is InChI=1S/C19H25NOS/c1-6-15-10-14(11-22-15)19(21)20-18-16(12(2)3)8-7-9-17(18)13(4)5/h7-13H,6H2,1-5H3,(H,20,21). The van der Waals surface area contributed by atoms with Crippen LogP contribution in [0.25, 0.3) is 0 Å². The van der Waals surface area contributed by atoms with Crippen molar-refractivity contribution in [1.29, 1.82) is 0 Å². The molecule has 0 radical (unpaired) electrons. The number of hydrogen-bond acceptors (Lipinski definition) is 2. The van der Waals surface area contributed by atoms with Crippen molar-refractivity contribution in [2.75, 3.05) is 5.32 Å². The van der Waals surface area contributed by atoms with E-state index in [2.05, 4.69) is 58.1 Å². The van der Waals surface area contributed by atoms with Crippen LogP contribution in [0.4, 0.5) is 5.69 Å². The Morgan fingerprint density at radius 3 is 2.18 bits per heavy atom. The number of hydrogen-bond donors (Lipinski definition) is 1. The van der Waals surface area contributed by atoms with Gasteiger partial charge in [-0.25, -0.2) is 0 Å². The molecule has 22 heavy (non-hydrogen) atoms. The van der Waals surface area contributed by atoms with Gasteiger partial charge in [-0.1, -0.05) is 52.8 Å². The Morgan fingerprint density at radius 2 is 1.73 bits per heavy atom. The first-order valence-corrected chi connectivity index (χ1v) is 8.83. The van der Waals surface area contributed by atoms with Crippen LogP contribution in [0.2, 0.25) is 0 Å². The van der Waals surface area contributed by atoms with Crippen molar-refractivity contribution in [3.8, 4) is 0 Å². The van der Waals surface area contributed by atoms with E-state index in [0.29, 0.717) is 11.8 Å². The van der Waals surface area contributed by atoms with Crippen molar-refractivity contribution in [3.05, 3.63) is 51.2 Å². The zero-order valence-corrected chi connectivity index (χ0v) is 14.9. The van der Waals surface area contributed by atoms with Gasteiger partial charge in [0.25, 0.3) is 5.91 Å². The van der Waals surface area contributed by atoms with Crippen molar-refractivity contribution in [2.45, 2.75) is 52.9 Å². The van der Waals surface area contributed by atoms with Crippen LogP contribution in [-0.2, 0) is 6.42 Å². The minimum atomic E-state index is -0.00838. The molecule has 0 saturated carbocycles. The molecule has 2 aromatic rings. The summed E-state index contributed by atoms with van der Waals surface area (Å²) in [6.45, 7) is 10.8. The van der Waals surface area contributed by atoms with Gasteiger partial charge < -0.3 is 5.32 Å². The van der Waals surface area contributed by atoms with Gasteiger partial charge in [0.05, 0.1) is 5.56 Å². The number of amides is 1. The Kier molecular flexibility index (Phi) is 5.41. The molecule has 0 fully saturated rings. The number of rotatable bonds is 5. The predicted molar refractivity (Wildman–Crippen MR) is 96.3 cm³/mol. The lowest BCUT2D eigenvalue weighted by atomic mass is 9.92. The van der Waals surface area contributed by atoms with Crippen molar-refractivity contribution in [1.82, 2.24) is 0 Å². The van der Waals surface area contributed by atoms with Gasteiger partial charge in [-0.05, 0) is 35.4 Å². The molecule has 0 atom stereocenters. The fraction of sp³-hybridized carbons (Fsp3) is 0.421. The van der Waals surface area contributed by atoms with Crippen LogP contribution >= 0.6 is 11.3 Å². The molecule has 0 saturated heterocycles. The van der Waals surface area contributed by atoms with Crippen LogP contribution in [0, 0.1) is 0 Å². The minimum Gasteiger partial charge on any atom is -0.321 e. The zero-order chi connectivity index (χ0) is 16.3. The largest absolute Gasteiger partial charge is 0.321 e. The highest BCUT2D eigenvalue weighted by molar-refractivity contribution is 7.10. The number of carbonyl (C=O) groups is 1. The Hall–Kier alpha value is -1.61. The normalized spacial score (nSPS) is 11.2. The Labute approximate surface area is 137 Å². The molecule has 118 valence electrons. The maximum atomic E-state index is 12.6. The molecule has 0 aliphatic heterocycles. The van der Waals surface area contributed by atoms with Crippen molar-refractivity contribution >= 4 is 22.9 Å². The molecule has 2 rings (SSSR count). The fourth-order valence-corrected chi connectivity index (χ4v) is 3.38. The van der Waals surface area contributed by atoms with Crippen LogP contribution in [0.5, 0.6) is 0 Å². The van der Waals surface area contributed by atoms with Gasteiger partial charge in [-0.3, -0.25) is 4.79 Å². The highest BCUT2D eigenvalue weighted by atomic mass is 32.1. The maximum absolute atomic E-state index is 12.6. The number of carbonyl (C=O) groups excluding carboxylic acids is 1. The van der Waals surface area contributed by atoms with E-state index in [-0.39, 0.29) is 5.91 Å². The molecule has 0 aliphatic rings. The highest BCUT2D eigenvalue weighted by Crippen LogP contribution is 2.32. The summed E-state index contributed by atoms with van der Waals surface area (Å²) in [5.74, 6) is 0.747. The molecule has 1 amide bonds. The van der Waals surface area contributed by atoms with Gasteiger partial charge >= 0.3 is 0 Å². The summed E-state index contributed by atoms with van der Waals surface area (Å²) in [7, 11) is 0. The summed E-state index contributed by atoms with van der Waals surface area (Å²) in [5, 5.41) is 5.11. The summed E-state index contributed by atoms with van der Waals surface area (Å²) < 4.78 is 0. The first-order valence-electron chi connectivity index (χ1n) is 7.95. The summed E-state index contributed by atoms with van der Waals surface area (Å²) in [4.78, 5) is 13.8. The van der Waals surface area contributed by atoms with Gasteiger partial charge in [-0.15, -0.1) is 11.3 Å². The first-order chi connectivity index (χ1) is 10.4. The van der Waals surface area contributed by atoms with Crippen LogP contribution < -0.4 is 5.32 Å². The third-order valence-electron chi connectivity index (χ3n) is 3.88. The number of anilines is 1. The van der Waals surface area contributed by atoms with Gasteiger partial charge in [0, 0.05) is 15.9 Å². The van der Waals surface area contributed by atoms with E-state index in [1.54, 1.807) is 11.3 Å². The third-order valence-corrected chi connectivity index (χ3v) is 4.96. The quantitative estimate of drug-likeness (QED) is 0.741. The molecular formula is C19H25NOS. The number of benzene rings is 1. The number of aryl methyl sites for hydroxylation is 1. The average Bonchev–Trinajstić information content (AvgIpc) is 2.95. The number of para-hydroxylation sites is 1. The second-order valence-corrected chi connectivity index (χ2v) is 7.23. The van der Waals surface area contributed by atoms with Gasteiger partial charge in [-0.2, -0.15) is 0 Å². The van der Waals surface area contributed by atoms with E-state index in [0.717, 1.165) is 17.7 Å². The summed E-state index contributed by atoms with van der Waals surface area (Å²) in [6, 6.07) is 8.29. The fourth-order valence-electron chi connectivity index (χ4n) is 2.57. The predicted octanol–water partition coefficient (Wildman–Crippen LogP) is 5.81. The van der Waals surface area contributed by atoms with Crippen LogP contribution in [-0.4, -0.2) is 5.91 Å². The summed E-state index contributed by atoms with van der Waals surface area (Å²) in [5.41, 5.74) is 4.15. The molecule has 3 heteroatoms. The van der Waals surface area contributed by atoms with E-state index < -0.39 is 0 Å². The Bertz CT molecular complexity index is 629. The van der Waals surface area contributed by atoms with E-state index in [9.17, 15) is 4.79 Å². The Morgan fingerprint density at radius 1 is 1.14 bits per heavy atom. The Balaban J connectivity index is 2.36. The summed E-state index contributed by atoms with van der Waals surface area (Å²) >= 11 is 1.65. The lowest BCUT2D eigenvalue weighted by Crippen LogP contribution is -2.15. The SMILES string of the molecule is CCc1cc(C(=O)Nc2c(C(C)C)cccc2C(C)C)cs1. The smallest absolute Gasteiger partial charge is 0.256 e. The maximum Gasteiger partial charge on any atom is 0.256 e. The lowest BCUT2D eigenvalue weighted by Gasteiger charge is -2.20. The van der Waals surface area contributed by atoms with E-state index in [1.807, 2.05) is 11.4 Å². The van der Waals surface area contributed by atoms with Crippen molar-refractivity contribution in [3.63, 3.8) is 0 Å². The second-order valence-electron chi connectivity index (χ2n) is 6.23. The highest BCUT2D eigenvalue weighted by Gasteiger charge is 2.17. The molecule has 1 aromatic heterocycles. The van der Waals surface area contributed by atoms with Crippen LogP contribution in [0.15, 0.2) is 29.6 Å². The number of nitrogens with one attached hydrogen (secondary N) is 1. The van der Waals surface area contributed by atoms with E-state index in [1.165, 1.54) is 16.0 Å². The number of thiophene rings is 1. The first kappa shape index (κ1) is 16.8. The van der Waals surface area contributed by atoms with Gasteiger partial charge in [0.15, 0.2) is 0 Å². The van der Waals surface area contributed by atoms with Gasteiger partial charge in [0.1, 0.15) is 0 Å². The van der Waals surface area contributed by atoms with Crippen molar-refractivity contribution in [2.24, 2.45) is 0 Å². The molecule has 2 nitrogen and oxygen atoms in total. The van der Waals surface area contributed by atoms with Crippen molar-refractivity contribution < 1.29 is 4.79 Å². The monoisotopic (exact) mass is 315 g/mol. The zero-order valence-electron chi connectivity index (χ0n) is 14.1. The summed E-state index contributed by atoms with van der Waals surface area (Å²) in [6.07, 6.45) is 0.970. The van der Waals surface area contributed by atoms with Crippen LogP contribution in [0.1, 0.15) is 72.8 Å². The molecular weight excluding hydrogens is 290 g/mol. The van der Waals surface area contributed by atoms with Crippen LogP contribution in [0.3, 0.4) is 0 Å². The van der Waals surface area contributed by atoms with Gasteiger partial charge in [0.2, 0.25) is 0 Å². The second kappa shape index (κ2) is 7.10. The molecule has 0 bridgehead atoms. The average molecular weight is 315 g/mol. The topological polar surface area (TPSA) is 29.1 Å². The lowest BCUT2D eigenvalue weighted by molar-refractivity contribution is 0.102. The minimum absolute atomic E-state index is 0.00838. The van der Waals surface area contributed by atoms with E-state index >= 15 is 0 Å².